The van der Waals surface area contributed by atoms with Crippen LogP contribution >= 0.6 is 0 Å². The molecule has 1 aromatic rings. The Kier molecular flexibility index (Phi) is 4.63. The summed E-state index contributed by atoms with van der Waals surface area (Å²) in [5.41, 5.74) is 7.31. The maximum Gasteiger partial charge on any atom is 0.170 e. The van der Waals surface area contributed by atoms with Gasteiger partial charge in [0, 0.05) is 17.7 Å². The minimum atomic E-state index is 0.113. The van der Waals surface area contributed by atoms with E-state index in [1.807, 2.05) is 12.1 Å². The Morgan fingerprint density at radius 1 is 1.53 bits per heavy atom. The first kappa shape index (κ1) is 13.7. The third kappa shape index (κ3) is 3.86. The van der Waals surface area contributed by atoms with Gasteiger partial charge in [-0.05, 0) is 37.1 Å². The number of nitrogens with two attached hydrogens (primary N) is 1. The highest BCUT2D eigenvalue weighted by atomic mass is 16.5. The van der Waals surface area contributed by atoms with Gasteiger partial charge < -0.3 is 21.0 Å². The molecule has 1 saturated carbocycles. The Balaban J connectivity index is 1.98. The SMILES string of the molecule is COc1ccc(/C(N)=N/O)cc1CNCCC1CC1. The molecule has 1 fully saturated rings. The molecule has 0 radical (unpaired) electrons. The first-order chi connectivity index (χ1) is 9.24. The number of nitrogens with one attached hydrogen (secondary N) is 1. The van der Waals surface area contributed by atoms with E-state index < -0.39 is 0 Å². The third-order valence-corrected chi connectivity index (χ3v) is 3.43. The smallest absolute Gasteiger partial charge is 0.170 e. The van der Waals surface area contributed by atoms with E-state index in [1.165, 1.54) is 19.3 Å². The zero-order chi connectivity index (χ0) is 13.7. The van der Waals surface area contributed by atoms with Crippen molar-refractivity contribution >= 4 is 5.84 Å². The normalized spacial score (nSPS) is 15.5. The molecule has 0 spiro atoms. The lowest BCUT2D eigenvalue weighted by atomic mass is 10.1. The van der Waals surface area contributed by atoms with Gasteiger partial charge in [-0.1, -0.05) is 18.0 Å². The van der Waals surface area contributed by atoms with E-state index in [0.29, 0.717) is 5.56 Å². The average Bonchev–Trinajstić information content (AvgIpc) is 3.26. The molecule has 19 heavy (non-hydrogen) atoms. The quantitative estimate of drug-likeness (QED) is 0.230. The van der Waals surface area contributed by atoms with Crippen LogP contribution in [0, 0.1) is 5.92 Å². The molecule has 1 aliphatic carbocycles. The number of benzene rings is 1. The lowest BCUT2D eigenvalue weighted by molar-refractivity contribution is 0.318. The second-order valence-electron chi connectivity index (χ2n) is 4.92. The number of ether oxygens (including phenoxy) is 1. The van der Waals surface area contributed by atoms with Gasteiger partial charge in [-0.15, -0.1) is 0 Å². The molecule has 5 heteroatoms. The van der Waals surface area contributed by atoms with Crippen LogP contribution in [0.25, 0.3) is 0 Å². The van der Waals surface area contributed by atoms with Gasteiger partial charge in [-0.3, -0.25) is 0 Å². The Hall–Kier alpha value is -1.75. The fraction of sp³-hybridized carbons (Fsp3) is 0.500. The van der Waals surface area contributed by atoms with E-state index in [2.05, 4.69) is 10.5 Å². The first-order valence-electron chi connectivity index (χ1n) is 6.60. The Morgan fingerprint density at radius 2 is 2.32 bits per heavy atom. The van der Waals surface area contributed by atoms with Crippen molar-refractivity contribution in [3.63, 3.8) is 0 Å². The second-order valence-corrected chi connectivity index (χ2v) is 4.92. The van der Waals surface area contributed by atoms with Gasteiger partial charge in [0.1, 0.15) is 5.75 Å². The molecule has 0 aliphatic heterocycles. The number of amidine groups is 1. The fourth-order valence-corrected chi connectivity index (χ4v) is 2.07. The molecule has 4 N–H and O–H groups in total. The highest BCUT2D eigenvalue weighted by Crippen LogP contribution is 2.31. The molecule has 5 nitrogen and oxygen atoms in total. The summed E-state index contributed by atoms with van der Waals surface area (Å²) in [5.74, 6) is 1.85. The van der Waals surface area contributed by atoms with Gasteiger partial charge in [-0.25, -0.2) is 0 Å². The van der Waals surface area contributed by atoms with Crippen molar-refractivity contribution in [3.8, 4) is 5.75 Å². The Morgan fingerprint density at radius 3 is 2.95 bits per heavy atom. The molecule has 1 aromatic carbocycles. The number of nitrogens with zero attached hydrogens (tertiary/aromatic N) is 1. The van der Waals surface area contributed by atoms with Crippen molar-refractivity contribution in [2.45, 2.75) is 25.8 Å². The van der Waals surface area contributed by atoms with Gasteiger partial charge in [0.05, 0.1) is 7.11 Å². The summed E-state index contributed by atoms with van der Waals surface area (Å²) in [4.78, 5) is 0. The van der Waals surface area contributed by atoms with Crippen molar-refractivity contribution < 1.29 is 9.94 Å². The standard InChI is InChI=1S/C14H21N3O2/c1-19-13-5-4-11(14(15)17-18)8-12(13)9-16-7-6-10-2-3-10/h4-5,8,10,16,18H,2-3,6-7,9H2,1H3,(H2,15,17). The van der Waals surface area contributed by atoms with Crippen LogP contribution in [0.4, 0.5) is 0 Å². The molecular weight excluding hydrogens is 242 g/mol. The molecule has 0 aromatic heterocycles. The van der Waals surface area contributed by atoms with Crippen LogP contribution in [0.2, 0.25) is 0 Å². The molecule has 0 amide bonds. The van der Waals surface area contributed by atoms with E-state index in [4.69, 9.17) is 15.7 Å². The molecule has 0 bridgehead atoms. The summed E-state index contributed by atoms with van der Waals surface area (Å²) in [7, 11) is 1.65. The molecular formula is C14H21N3O2. The zero-order valence-electron chi connectivity index (χ0n) is 11.2. The first-order valence-corrected chi connectivity index (χ1v) is 6.60. The van der Waals surface area contributed by atoms with Crippen molar-refractivity contribution in [3.05, 3.63) is 29.3 Å². The van der Waals surface area contributed by atoms with Crippen LogP contribution in [0.5, 0.6) is 5.75 Å². The van der Waals surface area contributed by atoms with Crippen LogP contribution in [0.15, 0.2) is 23.4 Å². The summed E-state index contributed by atoms with van der Waals surface area (Å²) >= 11 is 0. The number of hydrogen-bond acceptors (Lipinski definition) is 4. The van der Waals surface area contributed by atoms with Crippen LogP contribution < -0.4 is 15.8 Å². The summed E-state index contributed by atoms with van der Waals surface area (Å²) in [6.07, 6.45) is 4.00. The topological polar surface area (TPSA) is 79.9 Å². The van der Waals surface area contributed by atoms with Crippen LogP contribution in [0.3, 0.4) is 0 Å². The van der Waals surface area contributed by atoms with Gasteiger partial charge in [0.25, 0.3) is 0 Å². The maximum absolute atomic E-state index is 8.70. The predicted molar refractivity (Wildman–Crippen MR) is 74.6 cm³/mol. The minimum absolute atomic E-state index is 0.113. The molecule has 1 aliphatic rings. The van der Waals surface area contributed by atoms with E-state index in [1.54, 1.807) is 13.2 Å². The van der Waals surface area contributed by atoms with E-state index in [-0.39, 0.29) is 5.84 Å². The van der Waals surface area contributed by atoms with Gasteiger partial charge in [0.15, 0.2) is 5.84 Å². The molecule has 2 rings (SSSR count). The average molecular weight is 263 g/mol. The second kappa shape index (κ2) is 6.43. The number of rotatable bonds is 7. The molecule has 0 atom stereocenters. The van der Waals surface area contributed by atoms with Gasteiger partial charge in [0.2, 0.25) is 0 Å². The Bertz CT molecular complexity index is 456. The van der Waals surface area contributed by atoms with E-state index in [0.717, 1.165) is 30.3 Å². The zero-order valence-corrected chi connectivity index (χ0v) is 11.2. The van der Waals surface area contributed by atoms with Crippen LogP contribution in [0.1, 0.15) is 30.4 Å². The van der Waals surface area contributed by atoms with Crippen LogP contribution in [-0.4, -0.2) is 24.7 Å². The van der Waals surface area contributed by atoms with Crippen LogP contribution in [-0.2, 0) is 6.54 Å². The largest absolute Gasteiger partial charge is 0.496 e. The van der Waals surface area contributed by atoms with Crippen molar-refractivity contribution in [1.82, 2.24) is 5.32 Å². The number of oxime groups is 1. The highest BCUT2D eigenvalue weighted by Gasteiger charge is 2.20. The predicted octanol–water partition coefficient (Wildman–Crippen LogP) is 1.68. The lowest BCUT2D eigenvalue weighted by Gasteiger charge is -2.11. The van der Waals surface area contributed by atoms with Crippen molar-refractivity contribution in [2.75, 3.05) is 13.7 Å². The monoisotopic (exact) mass is 263 g/mol. The van der Waals surface area contributed by atoms with E-state index in [9.17, 15) is 0 Å². The molecule has 104 valence electrons. The van der Waals surface area contributed by atoms with Crippen molar-refractivity contribution in [2.24, 2.45) is 16.8 Å². The van der Waals surface area contributed by atoms with Gasteiger partial charge in [-0.2, -0.15) is 0 Å². The summed E-state index contributed by atoms with van der Waals surface area (Å²) in [6, 6.07) is 5.50. The number of hydrogen-bond donors (Lipinski definition) is 3. The minimum Gasteiger partial charge on any atom is -0.496 e. The fourth-order valence-electron chi connectivity index (χ4n) is 2.07. The van der Waals surface area contributed by atoms with Gasteiger partial charge >= 0.3 is 0 Å². The Labute approximate surface area is 113 Å². The maximum atomic E-state index is 8.70. The molecule has 0 saturated heterocycles. The highest BCUT2D eigenvalue weighted by molar-refractivity contribution is 5.97. The summed E-state index contributed by atoms with van der Waals surface area (Å²) < 4.78 is 5.32. The molecule has 0 unspecified atom stereocenters. The molecule has 0 heterocycles. The summed E-state index contributed by atoms with van der Waals surface area (Å²) in [5, 5.41) is 15.1. The van der Waals surface area contributed by atoms with E-state index >= 15 is 0 Å². The van der Waals surface area contributed by atoms with Crippen molar-refractivity contribution in [1.29, 1.82) is 0 Å². The number of methoxy groups -OCH3 is 1. The third-order valence-electron chi connectivity index (χ3n) is 3.43. The lowest BCUT2D eigenvalue weighted by Crippen LogP contribution is -2.17. The summed E-state index contributed by atoms with van der Waals surface area (Å²) in [6.45, 7) is 1.74.